The van der Waals surface area contributed by atoms with Crippen LogP contribution in [0.3, 0.4) is 0 Å². The van der Waals surface area contributed by atoms with Gasteiger partial charge in [-0.3, -0.25) is 0 Å². The monoisotopic (exact) mass is 288 g/mol. The molecule has 0 unspecified atom stereocenters. The number of carbonyl (C=O) groups excluding carboxylic acids is 1. The molecular formula is C16H20N2O3. The smallest absolute Gasteiger partial charge is 0.427 e. The van der Waals surface area contributed by atoms with E-state index in [0.717, 1.165) is 48.3 Å². The number of hydrogen-bond acceptors (Lipinski definition) is 4. The van der Waals surface area contributed by atoms with Gasteiger partial charge >= 0.3 is 6.09 Å². The first kappa shape index (κ1) is 15.1. The van der Waals surface area contributed by atoms with Gasteiger partial charge in [0.15, 0.2) is 0 Å². The quantitative estimate of drug-likeness (QED) is 0.867. The Balaban J connectivity index is 2.16. The van der Waals surface area contributed by atoms with Crippen LogP contribution in [-0.2, 0) is 4.74 Å². The Morgan fingerprint density at radius 1 is 1.19 bits per heavy atom. The number of rotatable bonds is 3. The third kappa shape index (κ3) is 4.34. The second-order valence-corrected chi connectivity index (χ2v) is 4.81. The van der Waals surface area contributed by atoms with Crippen molar-refractivity contribution in [3.05, 3.63) is 35.4 Å². The lowest BCUT2D eigenvalue weighted by Crippen LogP contribution is -2.21. The van der Waals surface area contributed by atoms with Crippen LogP contribution >= 0.6 is 0 Å². The number of carbonyl (C=O) groups is 1. The summed E-state index contributed by atoms with van der Waals surface area (Å²) in [6, 6.07) is 7.87. The molecule has 0 aromatic heterocycles. The van der Waals surface area contributed by atoms with Crippen molar-refractivity contribution in [2.45, 2.75) is 25.7 Å². The molecule has 1 aliphatic carbocycles. The van der Waals surface area contributed by atoms with Crippen molar-refractivity contribution in [2.75, 3.05) is 14.2 Å². The largest absolute Gasteiger partial charge is 0.497 e. The summed E-state index contributed by atoms with van der Waals surface area (Å²) in [7, 11) is 2.97. The predicted octanol–water partition coefficient (Wildman–Crippen LogP) is 3.36. The van der Waals surface area contributed by atoms with E-state index in [-0.39, 0.29) is 0 Å². The van der Waals surface area contributed by atoms with Gasteiger partial charge in [-0.25, -0.2) is 10.2 Å². The Morgan fingerprint density at radius 2 is 1.90 bits per heavy atom. The van der Waals surface area contributed by atoms with Gasteiger partial charge in [0.05, 0.1) is 19.9 Å². The van der Waals surface area contributed by atoms with Gasteiger partial charge in [0, 0.05) is 0 Å². The number of ether oxygens (including phenoxy) is 2. The van der Waals surface area contributed by atoms with Crippen molar-refractivity contribution >= 4 is 17.9 Å². The van der Waals surface area contributed by atoms with E-state index in [2.05, 4.69) is 21.3 Å². The molecule has 5 heteroatoms. The molecule has 2 rings (SSSR count). The Labute approximate surface area is 124 Å². The molecule has 0 radical (unpaired) electrons. The summed E-state index contributed by atoms with van der Waals surface area (Å²) in [5, 5.41) is 4.16. The first-order chi connectivity index (χ1) is 10.2. The van der Waals surface area contributed by atoms with Crippen molar-refractivity contribution in [2.24, 2.45) is 5.10 Å². The van der Waals surface area contributed by atoms with E-state index in [9.17, 15) is 4.79 Å². The average molecular weight is 288 g/mol. The van der Waals surface area contributed by atoms with E-state index in [0.29, 0.717) is 0 Å². The molecule has 5 nitrogen and oxygen atoms in total. The summed E-state index contributed by atoms with van der Waals surface area (Å²) in [5.41, 5.74) is 5.57. The van der Waals surface area contributed by atoms with Crippen molar-refractivity contribution in [3.63, 3.8) is 0 Å². The first-order valence-electron chi connectivity index (χ1n) is 6.98. The van der Waals surface area contributed by atoms with Crippen LogP contribution in [0.1, 0.15) is 31.2 Å². The van der Waals surface area contributed by atoms with E-state index in [1.54, 1.807) is 7.11 Å². The number of nitrogens with zero attached hydrogens (tertiary/aromatic N) is 1. The molecule has 0 saturated heterocycles. The minimum Gasteiger partial charge on any atom is -0.497 e. The van der Waals surface area contributed by atoms with E-state index in [1.165, 1.54) is 7.11 Å². The molecule has 0 aliphatic heterocycles. The summed E-state index contributed by atoms with van der Waals surface area (Å²) >= 11 is 0. The van der Waals surface area contributed by atoms with Gasteiger partial charge < -0.3 is 9.47 Å². The summed E-state index contributed by atoms with van der Waals surface area (Å²) in [4.78, 5) is 11.1. The van der Waals surface area contributed by atoms with E-state index < -0.39 is 6.09 Å². The van der Waals surface area contributed by atoms with Crippen LogP contribution in [0.2, 0.25) is 0 Å². The van der Waals surface area contributed by atoms with Crippen LogP contribution in [0.4, 0.5) is 4.79 Å². The van der Waals surface area contributed by atoms with E-state index in [1.807, 2.05) is 24.3 Å². The van der Waals surface area contributed by atoms with Crippen molar-refractivity contribution in [3.8, 4) is 5.75 Å². The highest BCUT2D eigenvalue weighted by atomic mass is 16.5. The number of amides is 1. The van der Waals surface area contributed by atoms with Crippen LogP contribution in [0.25, 0.3) is 6.08 Å². The predicted molar refractivity (Wildman–Crippen MR) is 82.4 cm³/mol. The fourth-order valence-corrected chi connectivity index (χ4v) is 2.26. The molecule has 1 fully saturated rings. The molecule has 0 spiro atoms. The number of allylic oxidation sites excluding steroid dienone is 1. The van der Waals surface area contributed by atoms with Crippen LogP contribution in [0, 0.1) is 0 Å². The maximum absolute atomic E-state index is 11.1. The summed E-state index contributed by atoms with van der Waals surface area (Å²) < 4.78 is 9.68. The second kappa shape index (κ2) is 7.47. The van der Waals surface area contributed by atoms with Gasteiger partial charge in [0.25, 0.3) is 0 Å². The molecule has 0 heterocycles. The summed E-state index contributed by atoms with van der Waals surface area (Å²) in [6.07, 6.45) is 5.62. The van der Waals surface area contributed by atoms with Crippen LogP contribution in [0.15, 0.2) is 34.9 Å². The molecule has 21 heavy (non-hydrogen) atoms. The molecule has 1 saturated carbocycles. The standard InChI is InChI=1S/C16H20N2O3/c1-20-14-9-7-12(8-10-14)11-13-5-3-4-6-15(13)17-18-16(19)21-2/h7-11H,3-6H2,1-2H3,(H,18,19)/b13-11-,17-15+. The lowest BCUT2D eigenvalue weighted by molar-refractivity contribution is 0.171. The molecule has 1 N–H and O–H groups in total. The number of hydrogen-bond donors (Lipinski definition) is 1. The van der Waals surface area contributed by atoms with Crippen molar-refractivity contribution < 1.29 is 14.3 Å². The number of hydrazone groups is 1. The second-order valence-electron chi connectivity index (χ2n) is 4.81. The Morgan fingerprint density at radius 3 is 2.57 bits per heavy atom. The SMILES string of the molecule is COC(=O)N/N=C1\CCCC\C1=C\c1ccc(OC)cc1. The van der Waals surface area contributed by atoms with E-state index >= 15 is 0 Å². The lowest BCUT2D eigenvalue weighted by Gasteiger charge is -2.17. The van der Waals surface area contributed by atoms with Gasteiger partial charge in [0.2, 0.25) is 0 Å². The third-order valence-electron chi connectivity index (χ3n) is 3.40. The zero-order valence-electron chi connectivity index (χ0n) is 12.4. The molecular weight excluding hydrogens is 268 g/mol. The average Bonchev–Trinajstić information content (AvgIpc) is 2.54. The normalized spacial score (nSPS) is 18.6. The maximum atomic E-state index is 11.1. The van der Waals surface area contributed by atoms with Gasteiger partial charge in [0.1, 0.15) is 5.75 Å². The van der Waals surface area contributed by atoms with Crippen LogP contribution in [-0.4, -0.2) is 26.0 Å². The molecule has 112 valence electrons. The summed E-state index contributed by atoms with van der Waals surface area (Å²) in [5.74, 6) is 0.835. The first-order valence-corrected chi connectivity index (χ1v) is 6.98. The van der Waals surface area contributed by atoms with Gasteiger partial charge in [-0.2, -0.15) is 5.10 Å². The molecule has 1 aliphatic rings. The number of methoxy groups -OCH3 is 2. The maximum Gasteiger partial charge on any atom is 0.427 e. The fourth-order valence-electron chi connectivity index (χ4n) is 2.26. The van der Waals surface area contributed by atoms with Crippen LogP contribution in [0.5, 0.6) is 5.75 Å². The Bertz CT molecular complexity index is 547. The van der Waals surface area contributed by atoms with Crippen molar-refractivity contribution in [1.29, 1.82) is 0 Å². The molecule has 0 bridgehead atoms. The molecule has 1 amide bonds. The molecule has 1 aromatic rings. The number of nitrogens with one attached hydrogen (secondary N) is 1. The van der Waals surface area contributed by atoms with Gasteiger partial charge in [-0.05, 0) is 55.0 Å². The Hall–Kier alpha value is -2.30. The fraction of sp³-hybridized carbons (Fsp3) is 0.375. The van der Waals surface area contributed by atoms with Crippen molar-refractivity contribution in [1.82, 2.24) is 5.43 Å². The Kier molecular flexibility index (Phi) is 5.37. The topological polar surface area (TPSA) is 59.9 Å². The van der Waals surface area contributed by atoms with Gasteiger partial charge in [-0.15, -0.1) is 0 Å². The zero-order chi connectivity index (χ0) is 15.1. The highest BCUT2D eigenvalue weighted by Gasteiger charge is 2.14. The van der Waals surface area contributed by atoms with Gasteiger partial charge in [-0.1, -0.05) is 12.1 Å². The highest BCUT2D eigenvalue weighted by Crippen LogP contribution is 2.24. The highest BCUT2D eigenvalue weighted by molar-refractivity contribution is 6.04. The molecule has 0 atom stereocenters. The van der Waals surface area contributed by atoms with E-state index in [4.69, 9.17) is 4.74 Å². The number of benzene rings is 1. The van der Waals surface area contributed by atoms with Crippen LogP contribution < -0.4 is 10.2 Å². The lowest BCUT2D eigenvalue weighted by atomic mass is 9.91. The third-order valence-corrected chi connectivity index (χ3v) is 3.40. The molecule has 1 aromatic carbocycles. The zero-order valence-corrected chi connectivity index (χ0v) is 12.4. The minimum atomic E-state index is -0.545. The summed E-state index contributed by atoms with van der Waals surface area (Å²) in [6.45, 7) is 0. The minimum absolute atomic E-state index is 0.545.